The molecular formula is C28H32FN5O7. The van der Waals surface area contributed by atoms with Crippen LogP contribution in [-0.4, -0.2) is 66.9 Å². The Hall–Kier alpha value is -3.63. The highest BCUT2D eigenvalue weighted by Crippen LogP contribution is 2.50. The van der Waals surface area contributed by atoms with E-state index < -0.39 is 48.6 Å². The number of esters is 2. The Morgan fingerprint density at radius 3 is 2.63 bits per heavy atom. The van der Waals surface area contributed by atoms with Crippen LogP contribution in [0.3, 0.4) is 0 Å². The Morgan fingerprint density at radius 2 is 1.98 bits per heavy atom. The van der Waals surface area contributed by atoms with Crippen molar-refractivity contribution in [3.05, 3.63) is 12.4 Å². The molecule has 0 aromatic carbocycles. The third kappa shape index (κ3) is 5.04. The van der Waals surface area contributed by atoms with Crippen LogP contribution in [0.25, 0.3) is 11.2 Å². The van der Waals surface area contributed by atoms with Crippen molar-refractivity contribution in [2.45, 2.75) is 94.7 Å². The van der Waals surface area contributed by atoms with Gasteiger partial charge >= 0.3 is 18.0 Å². The average Bonchev–Trinajstić information content (AvgIpc) is 3.76. The van der Waals surface area contributed by atoms with Gasteiger partial charge in [0.15, 0.2) is 28.7 Å². The predicted octanol–water partition coefficient (Wildman–Crippen LogP) is 2.56. The van der Waals surface area contributed by atoms with Gasteiger partial charge in [0.05, 0.1) is 18.9 Å². The lowest BCUT2D eigenvalue weighted by molar-refractivity contribution is -0.165. The van der Waals surface area contributed by atoms with Gasteiger partial charge in [-0.15, -0.1) is 6.42 Å². The fraction of sp³-hybridized carbons (Fsp3) is 0.643. The number of carbonyl (C=O) groups is 3. The Balaban J connectivity index is 1.19. The number of aliphatic hydroxyl groups excluding tert-OH is 1. The number of fused-ring (bicyclic) bond motifs is 1. The van der Waals surface area contributed by atoms with Gasteiger partial charge in [0.2, 0.25) is 0 Å². The van der Waals surface area contributed by atoms with Crippen molar-refractivity contribution >= 4 is 34.8 Å². The number of ether oxygens (including phenoxy) is 3. The summed E-state index contributed by atoms with van der Waals surface area (Å²) in [6, 6.07) is 0. The molecule has 12 nitrogen and oxygen atoms in total. The van der Waals surface area contributed by atoms with E-state index in [0.717, 1.165) is 25.7 Å². The molecule has 2 aliphatic heterocycles. The molecule has 2 aliphatic carbocycles. The molecule has 2 saturated carbocycles. The number of amides is 1. The van der Waals surface area contributed by atoms with Crippen molar-refractivity contribution in [3.8, 4) is 12.3 Å². The van der Waals surface area contributed by atoms with E-state index in [9.17, 15) is 23.9 Å². The van der Waals surface area contributed by atoms with Crippen molar-refractivity contribution < 1.29 is 38.1 Å². The van der Waals surface area contributed by atoms with Crippen LogP contribution in [0, 0.1) is 29.8 Å². The second-order valence-electron chi connectivity index (χ2n) is 11.6. The van der Waals surface area contributed by atoms with Crippen LogP contribution in [0.5, 0.6) is 0 Å². The molecule has 0 radical (unpaired) electrons. The van der Waals surface area contributed by atoms with Crippen molar-refractivity contribution in [2.75, 3.05) is 11.9 Å². The van der Waals surface area contributed by atoms with Gasteiger partial charge in [-0.1, -0.05) is 18.8 Å². The number of hydrogen-bond donors (Lipinski definition) is 2. The third-order valence-corrected chi connectivity index (χ3v) is 9.19. The van der Waals surface area contributed by atoms with Crippen LogP contribution >= 0.6 is 0 Å². The van der Waals surface area contributed by atoms with E-state index in [4.69, 9.17) is 20.6 Å². The number of aliphatic hydroxyl groups is 1. The van der Waals surface area contributed by atoms with Crippen LogP contribution < -0.4 is 5.32 Å². The minimum atomic E-state index is -1.62. The topological polar surface area (TPSA) is 155 Å². The lowest BCUT2D eigenvalue weighted by Gasteiger charge is -2.37. The second kappa shape index (κ2) is 10.6. The monoisotopic (exact) mass is 569 g/mol. The Morgan fingerprint density at radius 1 is 1.22 bits per heavy atom. The number of anilines is 1. The number of cyclic esters (lactones) is 1. The Labute approximate surface area is 235 Å². The van der Waals surface area contributed by atoms with Gasteiger partial charge < -0.3 is 24.6 Å². The SMILES string of the molecule is C#C[C@]1(CO)O[C@@H](n2cnc3c(NC(=O)[C@H]4CCC(=O)O4)nc(F)nc32)C[C@@H]1OC(=O)C1CCC2(CCCC2)CC1. The molecule has 2 aromatic heterocycles. The number of nitrogens with one attached hydrogen (secondary N) is 1. The number of carbonyl (C=O) groups excluding carboxylic acids is 3. The summed E-state index contributed by atoms with van der Waals surface area (Å²) in [6.07, 6.45) is 11.9. The number of imidazole rings is 1. The van der Waals surface area contributed by atoms with Crippen LogP contribution in [0.4, 0.5) is 10.2 Å². The molecule has 2 N–H and O–H groups in total. The average molecular weight is 570 g/mol. The molecule has 1 spiro atoms. The zero-order chi connectivity index (χ0) is 28.8. The second-order valence-corrected chi connectivity index (χ2v) is 11.6. The summed E-state index contributed by atoms with van der Waals surface area (Å²) in [7, 11) is 0. The van der Waals surface area contributed by atoms with E-state index in [0.29, 0.717) is 5.41 Å². The summed E-state index contributed by atoms with van der Waals surface area (Å²) in [4.78, 5) is 48.9. The normalized spacial score (nSPS) is 29.5. The molecule has 4 fully saturated rings. The molecule has 4 heterocycles. The fourth-order valence-corrected chi connectivity index (χ4v) is 6.79. The van der Waals surface area contributed by atoms with Gasteiger partial charge in [-0.2, -0.15) is 14.4 Å². The lowest BCUT2D eigenvalue weighted by Crippen LogP contribution is -2.45. The molecule has 4 atom stereocenters. The number of rotatable bonds is 6. The number of terminal acetylenes is 1. The summed E-state index contributed by atoms with van der Waals surface area (Å²) < 4.78 is 32.8. The van der Waals surface area contributed by atoms with Gasteiger partial charge in [0.1, 0.15) is 12.3 Å². The Kier molecular flexibility index (Phi) is 7.15. The standard InChI is InChI=1S/C28H32FN5O7/c1-2-28(14-35)18(40-25(38)16-7-11-27(12-8-16)9-3-4-10-27)13-19(41-28)34-15-30-21-22(32-26(29)33-23(21)34)31-24(37)17-5-6-20(36)39-17/h1,15-19,35H,3-14H2,(H,31,32,33,37)/t17-,18+,19-,28-/m1/s1. The minimum Gasteiger partial charge on any atom is -0.458 e. The molecule has 13 heteroatoms. The van der Waals surface area contributed by atoms with E-state index in [2.05, 4.69) is 26.2 Å². The van der Waals surface area contributed by atoms with Crippen LogP contribution in [-0.2, 0) is 28.6 Å². The number of nitrogens with zero attached hydrogens (tertiary/aromatic N) is 4. The predicted molar refractivity (Wildman–Crippen MR) is 139 cm³/mol. The van der Waals surface area contributed by atoms with E-state index in [1.807, 2.05) is 0 Å². The van der Waals surface area contributed by atoms with Crippen molar-refractivity contribution in [2.24, 2.45) is 11.3 Å². The quantitative estimate of drug-likeness (QED) is 0.301. The molecule has 41 heavy (non-hydrogen) atoms. The minimum absolute atomic E-state index is 0.00815. The smallest absolute Gasteiger partial charge is 0.312 e. The molecule has 0 unspecified atom stereocenters. The van der Waals surface area contributed by atoms with Crippen LogP contribution in [0.2, 0.25) is 0 Å². The van der Waals surface area contributed by atoms with E-state index in [-0.39, 0.29) is 48.1 Å². The third-order valence-electron chi connectivity index (χ3n) is 9.19. The molecule has 1 amide bonds. The molecule has 2 aromatic rings. The van der Waals surface area contributed by atoms with E-state index >= 15 is 0 Å². The van der Waals surface area contributed by atoms with E-state index in [1.165, 1.54) is 36.6 Å². The Bertz CT molecular complexity index is 1410. The van der Waals surface area contributed by atoms with Crippen molar-refractivity contribution in [1.29, 1.82) is 0 Å². The van der Waals surface area contributed by atoms with E-state index in [1.54, 1.807) is 0 Å². The van der Waals surface area contributed by atoms with Crippen LogP contribution in [0.15, 0.2) is 6.33 Å². The van der Waals surface area contributed by atoms with Crippen molar-refractivity contribution in [3.63, 3.8) is 0 Å². The number of aromatic nitrogens is 4. The molecule has 0 bridgehead atoms. The van der Waals surface area contributed by atoms with Gasteiger partial charge in [-0.3, -0.25) is 19.0 Å². The van der Waals surface area contributed by atoms with Gasteiger partial charge in [0, 0.05) is 19.3 Å². The molecule has 4 aliphatic rings. The first-order valence-corrected chi connectivity index (χ1v) is 14.1. The maximum Gasteiger partial charge on any atom is 0.312 e. The highest BCUT2D eigenvalue weighted by atomic mass is 19.1. The largest absolute Gasteiger partial charge is 0.458 e. The first-order valence-electron chi connectivity index (χ1n) is 14.1. The first kappa shape index (κ1) is 27.5. The van der Waals surface area contributed by atoms with Gasteiger partial charge in [0.25, 0.3) is 5.91 Å². The van der Waals surface area contributed by atoms with Crippen LogP contribution in [0.1, 0.15) is 76.9 Å². The van der Waals surface area contributed by atoms with Crippen molar-refractivity contribution in [1.82, 2.24) is 19.5 Å². The fourth-order valence-electron chi connectivity index (χ4n) is 6.79. The highest BCUT2D eigenvalue weighted by molar-refractivity contribution is 6.00. The summed E-state index contributed by atoms with van der Waals surface area (Å²) in [5.74, 6) is 0.494. The summed E-state index contributed by atoms with van der Waals surface area (Å²) in [6.45, 7) is -0.608. The van der Waals surface area contributed by atoms with Gasteiger partial charge in [-0.25, -0.2) is 4.98 Å². The summed E-state index contributed by atoms with van der Waals surface area (Å²) in [5, 5.41) is 12.7. The molecule has 2 saturated heterocycles. The number of halogens is 1. The summed E-state index contributed by atoms with van der Waals surface area (Å²) >= 11 is 0. The maximum absolute atomic E-state index is 14.5. The zero-order valence-corrected chi connectivity index (χ0v) is 22.5. The first-order chi connectivity index (χ1) is 19.7. The maximum atomic E-state index is 14.5. The number of hydrogen-bond acceptors (Lipinski definition) is 10. The highest BCUT2D eigenvalue weighted by Gasteiger charge is 2.52. The van der Waals surface area contributed by atoms with Gasteiger partial charge in [-0.05, 0) is 43.9 Å². The lowest BCUT2D eigenvalue weighted by atomic mass is 9.69. The molecule has 6 rings (SSSR count). The zero-order valence-electron chi connectivity index (χ0n) is 22.5. The summed E-state index contributed by atoms with van der Waals surface area (Å²) in [5.41, 5.74) is -1.20. The molecular weight excluding hydrogens is 537 g/mol. The molecule has 218 valence electrons.